The van der Waals surface area contributed by atoms with Crippen LogP contribution in [0.3, 0.4) is 0 Å². The summed E-state index contributed by atoms with van der Waals surface area (Å²) in [6, 6.07) is 3.96. The predicted octanol–water partition coefficient (Wildman–Crippen LogP) is 2.77. The Kier molecular flexibility index (Phi) is 6.34. The maximum Gasteiger partial charge on any atom is 0.319 e. The SMILES string of the molecule is Cl.O=C(Nc1ccc(Cl)c(F)c1)N[C@@H]1CCCNC1. The zero-order valence-electron chi connectivity index (χ0n) is 10.2. The van der Waals surface area contributed by atoms with Gasteiger partial charge in [0.05, 0.1) is 5.02 Å². The number of anilines is 1. The molecule has 0 saturated carbocycles. The van der Waals surface area contributed by atoms with Gasteiger partial charge in [-0.3, -0.25) is 0 Å². The number of urea groups is 1. The van der Waals surface area contributed by atoms with Crippen molar-refractivity contribution in [2.24, 2.45) is 0 Å². The van der Waals surface area contributed by atoms with E-state index in [0.717, 1.165) is 25.9 Å². The van der Waals surface area contributed by atoms with Crippen molar-refractivity contribution in [3.05, 3.63) is 29.0 Å². The minimum Gasteiger partial charge on any atom is -0.334 e. The second-order valence-electron chi connectivity index (χ2n) is 4.27. The Morgan fingerprint density at radius 2 is 2.26 bits per heavy atom. The summed E-state index contributed by atoms with van der Waals surface area (Å²) in [5, 5.41) is 8.65. The Bertz CT molecular complexity index is 439. The molecule has 0 aromatic heterocycles. The van der Waals surface area contributed by atoms with Gasteiger partial charge in [-0.2, -0.15) is 0 Å². The van der Waals surface area contributed by atoms with Crippen LogP contribution < -0.4 is 16.0 Å². The van der Waals surface area contributed by atoms with Crippen molar-refractivity contribution in [3.8, 4) is 0 Å². The van der Waals surface area contributed by atoms with Crippen molar-refractivity contribution in [1.82, 2.24) is 10.6 Å². The average molecular weight is 308 g/mol. The van der Waals surface area contributed by atoms with E-state index in [9.17, 15) is 9.18 Å². The van der Waals surface area contributed by atoms with Gasteiger partial charge in [0.15, 0.2) is 0 Å². The molecule has 1 aromatic carbocycles. The van der Waals surface area contributed by atoms with E-state index in [2.05, 4.69) is 16.0 Å². The van der Waals surface area contributed by atoms with Crippen LogP contribution in [0.25, 0.3) is 0 Å². The monoisotopic (exact) mass is 307 g/mol. The third-order valence-corrected chi connectivity index (χ3v) is 3.12. The van der Waals surface area contributed by atoms with E-state index in [0.29, 0.717) is 5.69 Å². The third-order valence-electron chi connectivity index (χ3n) is 2.81. The molecule has 106 valence electrons. The van der Waals surface area contributed by atoms with Crippen LogP contribution in [0.5, 0.6) is 0 Å². The highest BCUT2D eigenvalue weighted by atomic mass is 35.5. The van der Waals surface area contributed by atoms with Gasteiger partial charge in [0.2, 0.25) is 0 Å². The number of piperidine rings is 1. The van der Waals surface area contributed by atoms with E-state index < -0.39 is 5.82 Å². The van der Waals surface area contributed by atoms with Crippen LogP contribution in [-0.4, -0.2) is 25.2 Å². The molecule has 1 fully saturated rings. The zero-order chi connectivity index (χ0) is 13.0. The van der Waals surface area contributed by atoms with E-state index in [1.54, 1.807) is 6.07 Å². The molecule has 1 aliphatic heterocycles. The Hall–Kier alpha value is -1.04. The second kappa shape index (κ2) is 7.53. The molecule has 1 aliphatic rings. The molecule has 4 nitrogen and oxygen atoms in total. The van der Waals surface area contributed by atoms with E-state index in [1.165, 1.54) is 12.1 Å². The Balaban J connectivity index is 0.00000180. The van der Waals surface area contributed by atoms with Crippen molar-refractivity contribution >= 4 is 35.7 Å². The average Bonchev–Trinajstić information content (AvgIpc) is 2.35. The topological polar surface area (TPSA) is 53.2 Å². The molecule has 2 rings (SSSR count). The van der Waals surface area contributed by atoms with Crippen LogP contribution >= 0.6 is 24.0 Å². The molecular formula is C12H16Cl2FN3O. The van der Waals surface area contributed by atoms with Gasteiger partial charge >= 0.3 is 6.03 Å². The van der Waals surface area contributed by atoms with Crippen LogP contribution in [-0.2, 0) is 0 Å². The lowest BCUT2D eigenvalue weighted by molar-refractivity contribution is 0.245. The number of rotatable bonds is 2. The highest BCUT2D eigenvalue weighted by molar-refractivity contribution is 6.30. The van der Waals surface area contributed by atoms with Crippen LogP contribution in [0, 0.1) is 5.82 Å². The number of hydrogen-bond donors (Lipinski definition) is 3. The summed E-state index contributed by atoms with van der Waals surface area (Å²) in [5.74, 6) is -0.547. The maximum atomic E-state index is 13.2. The molecule has 0 radical (unpaired) electrons. The molecule has 1 heterocycles. The molecule has 1 atom stereocenters. The minimum absolute atomic E-state index is 0. The molecule has 1 saturated heterocycles. The summed E-state index contributed by atoms with van der Waals surface area (Å²) in [5.41, 5.74) is 0.387. The summed E-state index contributed by atoms with van der Waals surface area (Å²) >= 11 is 5.56. The van der Waals surface area contributed by atoms with Gasteiger partial charge in [0, 0.05) is 18.3 Å². The summed E-state index contributed by atoms with van der Waals surface area (Å²) in [6.07, 6.45) is 2.00. The van der Waals surface area contributed by atoms with Gasteiger partial charge in [-0.15, -0.1) is 12.4 Å². The summed E-state index contributed by atoms with van der Waals surface area (Å²) < 4.78 is 13.2. The first-order chi connectivity index (χ1) is 8.65. The number of halogens is 3. The van der Waals surface area contributed by atoms with Crippen LogP contribution in [0.4, 0.5) is 14.9 Å². The zero-order valence-corrected chi connectivity index (χ0v) is 11.8. The minimum atomic E-state index is -0.547. The summed E-state index contributed by atoms with van der Waals surface area (Å²) in [6.45, 7) is 1.75. The van der Waals surface area contributed by atoms with Gasteiger partial charge in [-0.05, 0) is 37.6 Å². The lowest BCUT2D eigenvalue weighted by Gasteiger charge is -2.23. The first-order valence-electron chi connectivity index (χ1n) is 5.88. The van der Waals surface area contributed by atoms with Crippen molar-refractivity contribution in [1.29, 1.82) is 0 Å². The smallest absolute Gasteiger partial charge is 0.319 e. The predicted molar refractivity (Wildman–Crippen MR) is 76.7 cm³/mol. The third kappa shape index (κ3) is 4.86. The largest absolute Gasteiger partial charge is 0.334 e. The fourth-order valence-electron chi connectivity index (χ4n) is 1.90. The molecule has 7 heteroatoms. The molecule has 0 aliphatic carbocycles. The van der Waals surface area contributed by atoms with E-state index >= 15 is 0 Å². The maximum absolute atomic E-state index is 13.2. The quantitative estimate of drug-likeness (QED) is 0.787. The summed E-state index contributed by atoms with van der Waals surface area (Å²) in [7, 11) is 0. The highest BCUT2D eigenvalue weighted by Crippen LogP contribution is 2.18. The molecule has 3 N–H and O–H groups in total. The van der Waals surface area contributed by atoms with Crippen LogP contribution in [0.2, 0.25) is 5.02 Å². The van der Waals surface area contributed by atoms with Crippen LogP contribution in [0.15, 0.2) is 18.2 Å². The Labute approximate surface area is 122 Å². The Morgan fingerprint density at radius 3 is 2.89 bits per heavy atom. The lowest BCUT2D eigenvalue weighted by Crippen LogP contribution is -2.47. The molecule has 0 spiro atoms. The number of benzene rings is 1. The number of nitrogens with one attached hydrogen (secondary N) is 3. The lowest BCUT2D eigenvalue weighted by atomic mass is 10.1. The molecule has 19 heavy (non-hydrogen) atoms. The first kappa shape index (κ1) is 16.0. The Morgan fingerprint density at radius 1 is 1.47 bits per heavy atom. The van der Waals surface area contributed by atoms with Crippen LogP contribution in [0.1, 0.15) is 12.8 Å². The van der Waals surface area contributed by atoms with E-state index in [1.807, 2.05) is 0 Å². The fraction of sp³-hybridized carbons (Fsp3) is 0.417. The highest BCUT2D eigenvalue weighted by Gasteiger charge is 2.15. The number of carbonyl (C=O) groups is 1. The molecule has 1 aromatic rings. The van der Waals surface area contributed by atoms with E-state index in [-0.39, 0.29) is 29.5 Å². The number of carbonyl (C=O) groups excluding carboxylic acids is 1. The van der Waals surface area contributed by atoms with Gasteiger partial charge in [-0.1, -0.05) is 11.6 Å². The van der Waals surface area contributed by atoms with Gasteiger partial charge in [0.25, 0.3) is 0 Å². The molecule has 2 amide bonds. The normalized spacial score (nSPS) is 18.3. The number of amides is 2. The van der Waals surface area contributed by atoms with Gasteiger partial charge in [0.1, 0.15) is 5.82 Å². The molecule has 0 bridgehead atoms. The second-order valence-corrected chi connectivity index (χ2v) is 4.68. The van der Waals surface area contributed by atoms with Crippen molar-refractivity contribution in [3.63, 3.8) is 0 Å². The van der Waals surface area contributed by atoms with Crippen molar-refractivity contribution in [2.45, 2.75) is 18.9 Å². The van der Waals surface area contributed by atoms with Crippen molar-refractivity contribution < 1.29 is 9.18 Å². The fourth-order valence-corrected chi connectivity index (χ4v) is 2.02. The van der Waals surface area contributed by atoms with Crippen molar-refractivity contribution in [2.75, 3.05) is 18.4 Å². The van der Waals surface area contributed by atoms with Gasteiger partial charge in [-0.25, -0.2) is 9.18 Å². The van der Waals surface area contributed by atoms with Gasteiger partial charge < -0.3 is 16.0 Å². The van der Waals surface area contributed by atoms with E-state index in [4.69, 9.17) is 11.6 Å². The standard InChI is InChI=1S/C12H15ClFN3O.ClH/c13-10-4-3-8(6-11(10)14)16-12(18)17-9-2-1-5-15-7-9;/h3-4,6,9,15H,1-2,5,7H2,(H2,16,17,18);1H/t9-;/m1./s1. The molecule has 0 unspecified atom stereocenters. The summed E-state index contributed by atoms with van der Waals surface area (Å²) in [4.78, 5) is 11.7. The number of hydrogen-bond acceptors (Lipinski definition) is 2. The molecular weight excluding hydrogens is 292 g/mol. The first-order valence-corrected chi connectivity index (χ1v) is 6.26.